The van der Waals surface area contributed by atoms with E-state index >= 15 is 0 Å². The quantitative estimate of drug-likeness (QED) is 0.600. The predicted molar refractivity (Wildman–Crippen MR) is 87.5 cm³/mol. The molecule has 3 rings (SSSR count). The standard InChI is InChI=1S/C17H10Cl2FNO3/c18-11-3-1-10(2-4-11)16-8-13(21-24-16)9-23-17(22)14-6-5-12(20)7-15(14)19/h1-8H,9H2. The maximum atomic E-state index is 13.0. The summed E-state index contributed by atoms with van der Waals surface area (Å²) in [6.07, 6.45) is 0. The van der Waals surface area contributed by atoms with Gasteiger partial charge in [-0.3, -0.25) is 0 Å². The fourth-order valence-electron chi connectivity index (χ4n) is 2.00. The van der Waals surface area contributed by atoms with Gasteiger partial charge >= 0.3 is 5.97 Å². The fourth-order valence-corrected chi connectivity index (χ4v) is 2.37. The third kappa shape index (κ3) is 3.75. The molecule has 0 unspecified atom stereocenters. The Hall–Kier alpha value is -2.37. The minimum atomic E-state index is -0.670. The van der Waals surface area contributed by atoms with Crippen molar-refractivity contribution < 1.29 is 18.4 Å². The molecule has 0 saturated heterocycles. The van der Waals surface area contributed by atoms with E-state index in [2.05, 4.69) is 5.16 Å². The Morgan fingerprint density at radius 2 is 1.88 bits per heavy atom. The van der Waals surface area contributed by atoms with E-state index < -0.39 is 11.8 Å². The molecule has 0 amide bonds. The number of carbonyl (C=O) groups excluding carboxylic acids is 1. The van der Waals surface area contributed by atoms with Crippen molar-refractivity contribution in [2.75, 3.05) is 0 Å². The summed E-state index contributed by atoms with van der Waals surface area (Å²) < 4.78 is 23.3. The molecule has 0 N–H and O–H groups in total. The third-order valence-corrected chi connectivity index (χ3v) is 3.75. The monoisotopic (exact) mass is 365 g/mol. The molecule has 0 aliphatic heterocycles. The van der Waals surface area contributed by atoms with E-state index in [1.165, 1.54) is 6.07 Å². The van der Waals surface area contributed by atoms with E-state index in [1.807, 2.05) is 0 Å². The molecule has 0 bridgehead atoms. The van der Waals surface area contributed by atoms with Crippen LogP contribution < -0.4 is 0 Å². The molecule has 24 heavy (non-hydrogen) atoms. The molecule has 0 fully saturated rings. The first-order valence-corrected chi connectivity index (χ1v) is 7.62. The highest BCUT2D eigenvalue weighted by Crippen LogP contribution is 2.23. The first kappa shape index (κ1) is 16.5. The lowest BCUT2D eigenvalue weighted by Crippen LogP contribution is -2.06. The highest BCUT2D eigenvalue weighted by molar-refractivity contribution is 6.33. The molecule has 1 aromatic heterocycles. The smallest absolute Gasteiger partial charge is 0.340 e. The number of carbonyl (C=O) groups is 1. The fraction of sp³-hybridized carbons (Fsp3) is 0.0588. The van der Waals surface area contributed by atoms with Crippen molar-refractivity contribution in [2.45, 2.75) is 6.61 Å². The van der Waals surface area contributed by atoms with Crippen LogP contribution in [-0.2, 0) is 11.3 Å². The van der Waals surface area contributed by atoms with Gasteiger partial charge in [-0.1, -0.05) is 28.4 Å². The molecular formula is C17H10Cl2FNO3. The molecule has 1 heterocycles. The van der Waals surface area contributed by atoms with E-state index in [0.29, 0.717) is 16.5 Å². The van der Waals surface area contributed by atoms with Gasteiger partial charge < -0.3 is 9.26 Å². The highest BCUT2D eigenvalue weighted by atomic mass is 35.5. The van der Waals surface area contributed by atoms with Crippen LogP contribution in [0.25, 0.3) is 11.3 Å². The lowest BCUT2D eigenvalue weighted by atomic mass is 10.2. The van der Waals surface area contributed by atoms with E-state index in [9.17, 15) is 9.18 Å². The van der Waals surface area contributed by atoms with E-state index in [1.54, 1.807) is 30.3 Å². The van der Waals surface area contributed by atoms with Crippen molar-refractivity contribution in [3.05, 3.63) is 75.7 Å². The number of nitrogens with zero attached hydrogens (tertiary/aromatic N) is 1. The van der Waals surface area contributed by atoms with Gasteiger partial charge in [0.05, 0.1) is 10.6 Å². The molecule has 0 aliphatic rings. The zero-order valence-electron chi connectivity index (χ0n) is 12.1. The summed E-state index contributed by atoms with van der Waals surface area (Å²) in [5, 5.41) is 4.44. The molecule has 7 heteroatoms. The summed E-state index contributed by atoms with van der Waals surface area (Å²) in [6.45, 7) is -0.0936. The second-order valence-corrected chi connectivity index (χ2v) is 5.73. The van der Waals surface area contributed by atoms with Crippen molar-refractivity contribution in [3.63, 3.8) is 0 Å². The number of aromatic nitrogens is 1. The van der Waals surface area contributed by atoms with Gasteiger partial charge in [0.1, 0.15) is 18.1 Å². The summed E-state index contributed by atoms with van der Waals surface area (Å²) in [5.41, 5.74) is 1.32. The number of halogens is 3. The molecule has 0 spiro atoms. The van der Waals surface area contributed by atoms with Gasteiger partial charge in [0.2, 0.25) is 0 Å². The lowest BCUT2D eigenvalue weighted by Gasteiger charge is -2.04. The van der Waals surface area contributed by atoms with Gasteiger partial charge in [0, 0.05) is 16.7 Å². The normalized spacial score (nSPS) is 10.6. The lowest BCUT2D eigenvalue weighted by molar-refractivity contribution is 0.0464. The maximum absolute atomic E-state index is 13.0. The largest absolute Gasteiger partial charge is 0.455 e. The topological polar surface area (TPSA) is 52.3 Å². The van der Waals surface area contributed by atoms with Crippen molar-refractivity contribution >= 4 is 29.2 Å². The number of esters is 1. The van der Waals surface area contributed by atoms with Crippen molar-refractivity contribution in [1.82, 2.24) is 5.16 Å². The summed E-state index contributed by atoms with van der Waals surface area (Å²) in [4.78, 5) is 12.0. The number of ether oxygens (including phenoxy) is 1. The molecule has 2 aromatic carbocycles. The Bertz CT molecular complexity index is 878. The predicted octanol–water partition coefficient (Wildman–Crippen LogP) is 5.14. The Morgan fingerprint density at radius 1 is 1.12 bits per heavy atom. The van der Waals surface area contributed by atoms with Crippen molar-refractivity contribution in [2.24, 2.45) is 0 Å². The summed E-state index contributed by atoms with van der Waals surface area (Å²) in [7, 11) is 0. The minimum absolute atomic E-state index is 0.0120. The van der Waals surface area contributed by atoms with Gasteiger partial charge in [0.15, 0.2) is 5.76 Å². The maximum Gasteiger partial charge on any atom is 0.340 e. The Kier molecular flexibility index (Phi) is 4.83. The van der Waals surface area contributed by atoms with Crippen LogP contribution in [0.1, 0.15) is 16.1 Å². The highest BCUT2D eigenvalue weighted by Gasteiger charge is 2.14. The van der Waals surface area contributed by atoms with Crippen LogP contribution in [0.15, 0.2) is 53.1 Å². The SMILES string of the molecule is O=C(OCc1cc(-c2ccc(Cl)cc2)on1)c1ccc(F)cc1Cl. The summed E-state index contributed by atoms with van der Waals surface area (Å²) in [6, 6.07) is 12.1. The summed E-state index contributed by atoms with van der Waals surface area (Å²) >= 11 is 11.6. The van der Waals surface area contributed by atoms with E-state index in [-0.39, 0.29) is 17.2 Å². The van der Waals surface area contributed by atoms with Gasteiger partial charge in [-0.15, -0.1) is 0 Å². The Labute approximate surface area is 146 Å². The molecule has 0 aliphatic carbocycles. The number of rotatable bonds is 4. The van der Waals surface area contributed by atoms with Crippen LogP contribution in [0.3, 0.4) is 0 Å². The van der Waals surface area contributed by atoms with Gasteiger partial charge in [0.25, 0.3) is 0 Å². The number of hydrogen-bond acceptors (Lipinski definition) is 4. The van der Waals surface area contributed by atoms with Crippen molar-refractivity contribution in [1.29, 1.82) is 0 Å². The Balaban J connectivity index is 1.67. The first-order chi connectivity index (χ1) is 11.5. The molecule has 122 valence electrons. The zero-order valence-corrected chi connectivity index (χ0v) is 13.6. The van der Waals surface area contributed by atoms with Crippen LogP contribution >= 0.6 is 23.2 Å². The molecule has 0 radical (unpaired) electrons. The van der Waals surface area contributed by atoms with Crippen LogP contribution in [0.5, 0.6) is 0 Å². The van der Waals surface area contributed by atoms with Crippen LogP contribution in [-0.4, -0.2) is 11.1 Å². The van der Waals surface area contributed by atoms with E-state index in [4.69, 9.17) is 32.5 Å². The minimum Gasteiger partial charge on any atom is -0.455 e. The van der Waals surface area contributed by atoms with Crippen LogP contribution in [0.4, 0.5) is 4.39 Å². The second kappa shape index (κ2) is 7.03. The van der Waals surface area contributed by atoms with Crippen molar-refractivity contribution in [3.8, 4) is 11.3 Å². The Morgan fingerprint density at radius 3 is 2.58 bits per heavy atom. The molecular weight excluding hydrogens is 356 g/mol. The first-order valence-electron chi connectivity index (χ1n) is 6.86. The molecule has 0 saturated carbocycles. The number of benzene rings is 2. The van der Waals surface area contributed by atoms with E-state index in [0.717, 1.165) is 17.7 Å². The summed E-state index contributed by atoms with van der Waals surface area (Å²) in [5.74, 6) is -0.672. The average Bonchev–Trinajstić information content (AvgIpc) is 3.02. The van der Waals surface area contributed by atoms with Crippen LogP contribution in [0.2, 0.25) is 10.0 Å². The molecule has 3 aromatic rings. The molecule has 0 atom stereocenters. The average molecular weight is 366 g/mol. The van der Waals surface area contributed by atoms with Gasteiger partial charge in [-0.25, -0.2) is 9.18 Å². The molecule has 4 nitrogen and oxygen atoms in total. The van der Waals surface area contributed by atoms with Crippen LogP contribution in [0, 0.1) is 5.82 Å². The zero-order chi connectivity index (χ0) is 17.1. The van der Waals surface area contributed by atoms with Gasteiger partial charge in [-0.2, -0.15) is 0 Å². The third-order valence-electron chi connectivity index (χ3n) is 3.19. The van der Waals surface area contributed by atoms with Gasteiger partial charge in [-0.05, 0) is 42.5 Å². The number of hydrogen-bond donors (Lipinski definition) is 0. The second-order valence-electron chi connectivity index (χ2n) is 4.89.